The van der Waals surface area contributed by atoms with Crippen LogP contribution < -0.4 is 5.32 Å². The van der Waals surface area contributed by atoms with Gasteiger partial charge in [0.05, 0.1) is 11.1 Å². The maximum absolute atomic E-state index is 12.2. The minimum atomic E-state index is -0.707. The molecule has 0 aliphatic carbocycles. The lowest BCUT2D eigenvalue weighted by Crippen LogP contribution is -2.15. The summed E-state index contributed by atoms with van der Waals surface area (Å²) in [5.74, 6) is -0.570. The van der Waals surface area contributed by atoms with Crippen molar-refractivity contribution in [2.24, 2.45) is 0 Å². The van der Waals surface area contributed by atoms with Crippen LogP contribution in [-0.2, 0) is 0 Å². The van der Waals surface area contributed by atoms with Crippen molar-refractivity contribution in [1.29, 1.82) is 0 Å². The zero-order valence-corrected chi connectivity index (χ0v) is 13.9. The Bertz CT molecular complexity index is 741. The molecule has 10 heteroatoms. The molecule has 0 saturated carbocycles. The first-order chi connectivity index (χ1) is 9.88. The zero-order chi connectivity index (χ0) is 15.6. The van der Waals surface area contributed by atoms with Gasteiger partial charge in [-0.15, -0.1) is 0 Å². The second-order valence-electron chi connectivity index (χ2n) is 3.70. The first kappa shape index (κ1) is 15.8. The van der Waals surface area contributed by atoms with Crippen LogP contribution in [0.5, 0.6) is 0 Å². The molecule has 2 aromatic rings. The van der Waals surface area contributed by atoms with Crippen molar-refractivity contribution in [3.63, 3.8) is 0 Å². The molecular formula is C11H5Br2ClN4O3. The van der Waals surface area contributed by atoms with Gasteiger partial charge in [0.2, 0.25) is 0 Å². The van der Waals surface area contributed by atoms with Crippen molar-refractivity contribution >= 4 is 60.9 Å². The van der Waals surface area contributed by atoms with Crippen LogP contribution in [0.1, 0.15) is 10.4 Å². The van der Waals surface area contributed by atoms with E-state index in [1.54, 1.807) is 0 Å². The summed E-state index contributed by atoms with van der Waals surface area (Å²) >= 11 is 12.0. The number of nitrogens with zero attached hydrogens (tertiary/aromatic N) is 3. The van der Waals surface area contributed by atoms with Gasteiger partial charge in [0.25, 0.3) is 11.6 Å². The number of hydrogen-bond donors (Lipinski definition) is 1. The van der Waals surface area contributed by atoms with Crippen LogP contribution in [-0.4, -0.2) is 20.8 Å². The molecule has 0 radical (unpaired) electrons. The lowest BCUT2D eigenvalue weighted by atomic mass is 10.1. The van der Waals surface area contributed by atoms with Crippen molar-refractivity contribution in [3.05, 3.63) is 54.3 Å². The fourth-order valence-corrected chi connectivity index (χ4v) is 2.54. The number of amides is 1. The molecule has 0 aliphatic rings. The first-order valence-corrected chi connectivity index (χ1v) is 7.28. The molecule has 0 atom stereocenters. The van der Waals surface area contributed by atoms with Crippen molar-refractivity contribution in [3.8, 4) is 0 Å². The van der Waals surface area contributed by atoms with E-state index in [1.807, 2.05) is 0 Å². The number of nitrogens with one attached hydrogen (secondary N) is 1. The lowest BCUT2D eigenvalue weighted by molar-refractivity contribution is -0.385. The number of anilines is 1. The van der Waals surface area contributed by atoms with Gasteiger partial charge in [-0.05, 0) is 44.0 Å². The largest absolute Gasteiger partial charge is 0.304 e. The Labute approximate surface area is 140 Å². The Morgan fingerprint density at radius 1 is 1.38 bits per heavy atom. The van der Waals surface area contributed by atoms with E-state index in [9.17, 15) is 14.9 Å². The molecule has 0 fully saturated rings. The number of hydrogen-bond acceptors (Lipinski definition) is 5. The van der Waals surface area contributed by atoms with Gasteiger partial charge in [-0.1, -0.05) is 11.6 Å². The van der Waals surface area contributed by atoms with Crippen LogP contribution in [0.3, 0.4) is 0 Å². The highest BCUT2D eigenvalue weighted by atomic mass is 79.9. The first-order valence-electron chi connectivity index (χ1n) is 5.32. The molecule has 1 heterocycles. The van der Waals surface area contributed by atoms with E-state index in [2.05, 4.69) is 47.1 Å². The fraction of sp³-hybridized carbons (Fsp3) is 0. The average molecular weight is 436 g/mol. The molecule has 1 amide bonds. The molecule has 0 aliphatic heterocycles. The van der Waals surface area contributed by atoms with Crippen molar-refractivity contribution in [2.45, 2.75) is 0 Å². The molecule has 7 nitrogen and oxygen atoms in total. The van der Waals surface area contributed by atoms with Crippen LogP contribution in [0, 0.1) is 10.1 Å². The lowest BCUT2D eigenvalue weighted by Gasteiger charge is -2.07. The fourth-order valence-electron chi connectivity index (χ4n) is 1.45. The van der Waals surface area contributed by atoms with Crippen molar-refractivity contribution < 1.29 is 9.72 Å². The van der Waals surface area contributed by atoms with E-state index < -0.39 is 10.8 Å². The highest BCUT2D eigenvalue weighted by molar-refractivity contribution is 9.11. The minimum Gasteiger partial charge on any atom is -0.304 e. The van der Waals surface area contributed by atoms with E-state index in [-0.39, 0.29) is 26.7 Å². The number of carbonyl (C=O) groups excluding carboxylic acids is 1. The van der Waals surface area contributed by atoms with Crippen molar-refractivity contribution in [2.75, 3.05) is 5.32 Å². The van der Waals surface area contributed by atoms with Gasteiger partial charge < -0.3 is 5.32 Å². The van der Waals surface area contributed by atoms with E-state index in [1.165, 1.54) is 24.4 Å². The maximum Gasteiger partial charge on any atom is 0.282 e. The minimum absolute atomic E-state index is 0.137. The highest BCUT2D eigenvalue weighted by Crippen LogP contribution is 2.25. The number of carbonyl (C=O) groups is 1. The maximum atomic E-state index is 12.2. The summed E-state index contributed by atoms with van der Waals surface area (Å²) in [5.41, 5.74) is -0.512. The predicted octanol–water partition coefficient (Wildman–Crippen LogP) is 3.82. The SMILES string of the molecule is O=C(Nc1ncc(Br)nc1Br)c1cc(Cl)ccc1[N+](=O)[O-]. The second-order valence-corrected chi connectivity index (χ2v) is 5.70. The summed E-state index contributed by atoms with van der Waals surface area (Å²) < 4.78 is 0.760. The highest BCUT2D eigenvalue weighted by Gasteiger charge is 2.21. The van der Waals surface area contributed by atoms with E-state index in [4.69, 9.17) is 11.6 Å². The quantitative estimate of drug-likeness (QED) is 0.583. The van der Waals surface area contributed by atoms with Gasteiger partial charge in [0, 0.05) is 11.1 Å². The van der Waals surface area contributed by atoms with Crippen molar-refractivity contribution in [1.82, 2.24) is 9.97 Å². The molecule has 1 aromatic carbocycles. The molecule has 1 N–H and O–H groups in total. The van der Waals surface area contributed by atoms with Gasteiger partial charge in [0.15, 0.2) is 5.82 Å². The van der Waals surface area contributed by atoms with Gasteiger partial charge in [0.1, 0.15) is 14.8 Å². The standard InChI is InChI=1S/C11H5Br2ClN4O3/c12-8-4-15-10(9(13)16-8)17-11(19)6-3-5(14)1-2-7(6)18(20)21/h1-4H,(H,15,17,19). The van der Waals surface area contributed by atoms with Crippen LogP contribution in [0.4, 0.5) is 11.5 Å². The Morgan fingerprint density at radius 2 is 2.10 bits per heavy atom. The van der Waals surface area contributed by atoms with Gasteiger partial charge >= 0.3 is 0 Å². The topological polar surface area (TPSA) is 98.0 Å². The van der Waals surface area contributed by atoms with E-state index in [0.29, 0.717) is 4.60 Å². The average Bonchev–Trinajstić information content (AvgIpc) is 2.41. The Kier molecular flexibility index (Phi) is 4.86. The normalized spacial score (nSPS) is 10.2. The third-order valence-corrected chi connectivity index (χ3v) is 3.50. The van der Waals surface area contributed by atoms with E-state index in [0.717, 1.165) is 0 Å². The monoisotopic (exact) mass is 434 g/mol. The molecule has 1 aromatic heterocycles. The molecule has 0 saturated heterocycles. The number of rotatable bonds is 3. The molecule has 2 rings (SSSR count). The third-order valence-electron chi connectivity index (χ3n) is 2.33. The van der Waals surface area contributed by atoms with Gasteiger partial charge in [-0.2, -0.15) is 0 Å². The Morgan fingerprint density at radius 3 is 2.71 bits per heavy atom. The van der Waals surface area contributed by atoms with Gasteiger partial charge in [-0.3, -0.25) is 14.9 Å². The molecular weight excluding hydrogens is 431 g/mol. The zero-order valence-electron chi connectivity index (χ0n) is 10.0. The van der Waals surface area contributed by atoms with Crippen LogP contribution >= 0.6 is 43.5 Å². The molecule has 108 valence electrons. The number of halogens is 3. The molecule has 0 bridgehead atoms. The summed E-state index contributed by atoms with van der Waals surface area (Å²) in [6.07, 6.45) is 1.38. The van der Waals surface area contributed by atoms with E-state index >= 15 is 0 Å². The molecule has 0 unspecified atom stereocenters. The summed E-state index contributed by atoms with van der Waals surface area (Å²) in [6, 6.07) is 3.72. The summed E-state index contributed by atoms with van der Waals surface area (Å²) in [4.78, 5) is 30.4. The number of nitro groups is 1. The molecule has 0 spiro atoms. The Balaban J connectivity index is 2.36. The summed E-state index contributed by atoms with van der Waals surface area (Å²) in [7, 11) is 0. The second kappa shape index (κ2) is 6.46. The summed E-state index contributed by atoms with van der Waals surface area (Å²) in [6.45, 7) is 0. The van der Waals surface area contributed by atoms with Crippen LogP contribution in [0.25, 0.3) is 0 Å². The third kappa shape index (κ3) is 3.74. The summed E-state index contributed by atoms with van der Waals surface area (Å²) in [5, 5.41) is 13.6. The van der Waals surface area contributed by atoms with Crippen LogP contribution in [0.15, 0.2) is 33.6 Å². The number of benzene rings is 1. The van der Waals surface area contributed by atoms with Gasteiger partial charge in [-0.25, -0.2) is 9.97 Å². The van der Waals surface area contributed by atoms with Crippen LogP contribution in [0.2, 0.25) is 5.02 Å². The smallest absolute Gasteiger partial charge is 0.282 e. The predicted molar refractivity (Wildman–Crippen MR) is 83.5 cm³/mol. The molecule has 21 heavy (non-hydrogen) atoms. The Hall–Kier alpha value is -1.58. The number of aromatic nitrogens is 2. The number of nitro benzene ring substituents is 1.